The summed E-state index contributed by atoms with van der Waals surface area (Å²) >= 11 is 0. The van der Waals surface area contributed by atoms with E-state index in [0.717, 1.165) is 36.1 Å². The Hall–Kier alpha value is -4.27. The van der Waals surface area contributed by atoms with E-state index in [-0.39, 0.29) is 35.2 Å². The lowest BCUT2D eigenvalue weighted by Crippen LogP contribution is -2.48. The Balaban J connectivity index is 1.32. The summed E-state index contributed by atoms with van der Waals surface area (Å²) in [4.78, 5) is 40.6. The number of amides is 2. The van der Waals surface area contributed by atoms with Crippen LogP contribution in [0.15, 0.2) is 66.7 Å². The molecule has 0 radical (unpaired) electrons. The van der Waals surface area contributed by atoms with Crippen LogP contribution in [-0.2, 0) is 6.42 Å². The van der Waals surface area contributed by atoms with E-state index < -0.39 is 16.4 Å². The number of piperidine rings is 1. The molecule has 0 bridgehead atoms. The lowest BCUT2D eigenvalue weighted by atomic mass is 9.91. The molecule has 0 unspecified atom stereocenters. The number of aromatic hydroxyl groups is 1. The number of benzene rings is 3. The summed E-state index contributed by atoms with van der Waals surface area (Å²) in [7, 11) is 0. The Kier molecular flexibility index (Phi) is 6.60. The SMILES string of the molecule is O=C(c1ccc(O)c([N+](=O)[O-])c1)N1C[C@H]2CCCN(C(=O)c3cccc(Cc4cccc(F)c4)c3)[C@H]2C1. The lowest BCUT2D eigenvalue weighted by molar-refractivity contribution is -0.385. The number of nitro benzene ring substituents is 1. The minimum Gasteiger partial charge on any atom is -0.502 e. The largest absolute Gasteiger partial charge is 0.502 e. The van der Waals surface area contributed by atoms with E-state index >= 15 is 0 Å². The predicted molar refractivity (Wildman–Crippen MR) is 134 cm³/mol. The molecule has 2 fully saturated rings. The van der Waals surface area contributed by atoms with E-state index in [1.165, 1.54) is 18.2 Å². The molecule has 2 heterocycles. The molecule has 3 aromatic rings. The molecule has 0 saturated carbocycles. The number of phenolic OH excluding ortho intramolecular Hbond substituents is 1. The number of nitrogens with zero attached hydrogens (tertiary/aromatic N) is 3. The number of hydrogen-bond donors (Lipinski definition) is 1. The number of carbonyl (C=O) groups excluding carboxylic acids is 2. The van der Waals surface area contributed by atoms with Crippen molar-refractivity contribution in [2.75, 3.05) is 19.6 Å². The molecule has 2 atom stereocenters. The highest BCUT2D eigenvalue weighted by atomic mass is 19.1. The van der Waals surface area contributed by atoms with Crippen molar-refractivity contribution in [1.29, 1.82) is 0 Å². The van der Waals surface area contributed by atoms with Gasteiger partial charge in [-0.2, -0.15) is 0 Å². The zero-order chi connectivity index (χ0) is 26.1. The summed E-state index contributed by atoms with van der Waals surface area (Å²) in [5, 5.41) is 20.9. The molecule has 2 aliphatic rings. The maximum Gasteiger partial charge on any atom is 0.311 e. The Labute approximate surface area is 213 Å². The molecule has 9 heteroatoms. The molecule has 2 amide bonds. The fourth-order valence-corrected chi connectivity index (χ4v) is 5.45. The molecule has 190 valence electrons. The van der Waals surface area contributed by atoms with Gasteiger partial charge in [-0.1, -0.05) is 24.3 Å². The third kappa shape index (κ3) is 5.02. The van der Waals surface area contributed by atoms with Crippen molar-refractivity contribution in [3.05, 3.63) is 105 Å². The summed E-state index contributed by atoms with van der Waals surface area (Å²) in [6, 6.07) is 17.2. The number of nitro groups is 1. The van der Waals surface area contributed by atoms with Crippen LogP contribution in [0.4, 0.5) is 10.1 Å². The molecule has 3 aromatic carbocycles. The molecular weight excluding hydrogens is 477 g/mol. The minimum atomic E-state index is -0.724. The topological polar surface area (TPSA) is 104 Å². The van der Waals surface area contributed by atoms with Gasteiger partial charge in [-0.05, 0) is 72.7 Å². The van der Waals surface area contributed by atoms with Gasteiger partial charge in [0.25, 0.3) is 11.8 Å². The summed E-state index contributed by atoms with van der Waals surface area (Å²) in [5.41, 5.74) is 1.89. The van der Waals surface area contributed by atoms with Crippen LogP contribution in [0.2, 0.25) is 0 Å². The van der Waals surface area contributed by atoms with E-state index in [4.69, 9.17) is 0 Å². The molecule has 8 nitrogen and oxygen atoms in total. The van der Waals surface area contributed by atoms with E-state index in [1.807, 2.05) is 29.2 Å². The predicted octanol–water partition coefficient (Wildman–Crippen LogP) is 4.41. The summed E-state index contributed by atoms with van der Waals surface area (Å²) in [6.45, 7) is 1.38. The zero-order valence-corrected chi connectivity index (χ0v) is 20.0. The fraction of sp³-hybridized carbons (Fsp3) is 0.286. The maximum absolute atomic E-state index is 13.6. The van der Waals surface area contributed by atoms with Crippen molar-refractivity contribution in [3.63, 3.8) is 0 Å². The first-order valence-corrected chi connectivity index (χ1v) is 12.2. The van der Waals surface area contributed by atoms with Gasteiger partial charge in [0.05, 0.1) is 11.0 Å². The molecule has 0 aliphatic carbocycles. The number of rotatable bonds is 5. The molecule has 2 saturated heterocycles. The number of phenols is 1. The van der Waals surface area contributed by atoms with Crippen molar-refractivity contribution in [3.8, 4) is 5.75 Å². The van der Waals surface area contributed by atoms with Gasteiger partial charge in [-0.3, -0.25) is 19.7 Å². The first-order valence-electron chi connectivity index (χ1n) is 12.2. The molecule has 0 aromatic heterocycles. The van der Waals surface area contributed by atoms with E-state index in [1.54, 1.807) is 17.0 Å². The van der Waals surface area contributed by atoms with Crippen LogP contribution in [0.1, 0.15) is 44.7 Å². The molecule has 5 rings (SSSR count). The van der Waals surface area contributed by atoms with Gasteiger partial charge >= 0.3 is 5.69 Å². The average Bonchev–Trinajstić information content (AvgIpc) is 3.33. The van der Waals surface area contributed by atoms with Crippen LogP contribution in [-0.4, -0.2) is 57.3 Å². The van der Waals surface area contributed by atoms with E-state index in [0.29, 0.717) is 31.6 Å². The van der Waals surface area contributed by atoms with Gasteiger partial charge in [0.1, 0.15) is 5.82 Å². The summed E-state index contributed by atoms with van der Waals surface area (Å²) in [5.74, 6) is -1.14. The second kappa shape index (κ2) is 10.0. The van der Waals surface area contributed by atoms with Gasteiger partial charge in [0, 0.05) is 36.8 Å². The van der Waals surface area contributed by atoms with Crippen molar-refractivity contribution in [2.45, 2.75) is 25.3 Å². The van der Waals surface area contributed by atoms with Crippen LogP contribution in [0.3, 0.4) is 0 Å². The Bertz CT molecular complexity index is 1380. The second-order valence-corrected chi connectivity index (χ2v) is 9.65. The molecule has 2 aliphatic heterocycles. The maximum atomic E-state index is 13.6. The molecule has 0 spiro atoms. The van der Waals surface area contributed by atoms with Crippen LogP contribution in [0, 0.1) is 21.8 Å². The highest BCUT2D eigenvalue weighted by molar-refractivity contribution is 5.96. The first-order chi connectivity index (χ1) is 17.8. The Morgan fingerprint density at radius 1 is 0.973 bits per heavy atom. The highest BCUT2D eigenvalue weighted by Crippen LogP contribution is 2.34. The zero-order valence-electron chi connectivity index (χ0n) is 20.0. The van der Waals surface area contributed by atoms with E-state index in [9.17, 15) is 29.2 Å². The smallest absolute Gasteiger partial charge is 0.311 e. The monoisotopic (exact) mass is 503 g/mol. The van der Waals surface area contributed by atoms with Gasteiger partial charge in [-0.15, -0.1) is 0 Å². The minimum absolute atomic E-state index is 0.106. The van der Waals surface area contributed by atoms with Crippen LogP contribution >= 0.6 is 0 Å². The first kappa shape index (κ1) is 24.4. The number of hydrogen-bond acceptors (Lipinski definition) is 5. The van der Waals surface area contributed by atoms with Crippen molar-refractivity contribution < 1.29 is 24.0 Å². The quantitative estimate of drug-likeness (QED) is 0.410. The third-order valence-electron chi connectivity index (χ3n) is 7.22. The normalized spacial score (nSPS) is 18.9. The number of carbonyl (C=O) groups is 2. The van der Waals surface area contributed by atoms with Gasteiger partial charge in [0.15, 0.2) is 5.75 Å². The van der Waals surface area contributed by atoms with Crippen molar-refractivity contribution in [1.82, 2.24) is 9.80 Å². The van der Waals surface area contributed by atoms with Crippen molar-refractivity contribution in [2.24, 2.45) is 5.92 Å². The summed E-state index contributed by atoms with van der Waals surface area (Å²) < 4.78 is 13.6. The fourth-order valence-electron chi connectivity index (χ4n) is 5.45. The van der Waals surface area contributed by atoms with Gasteiger partial charge in [0.2, 0.25) is 0 Å². The molecule has 1 N–H and O–H groups in total. The van der Waals surface area contributed by atoms with Crippen LogP contribution < -0.4 is 0 Å². The standard InChI is InChI=1S/C28H26FN3O5/c29-23-8-2-5-19(14-23)12-18-4-1-6-20(13-18)28(35)31-11-3-7-22-16-30(17-25(22)31)27(34)21-9-10-26(33)24(15-21)32(36)37/h1-2,4-6,8-10,13-15,22,25,33H,3,7,11-12,16-17H2/t22-,25+/m1/s1. The Morgan fingerprint density at radius 2 is 1.70 bits per heavy atom. The molecule has 37 heavy (non-hydrogen) atoms. The summed E-state index contributed by atoms with van der Waals surface area (Å²) in [6.07, 6.45) is 2.21. The Morgan fingerprint density at radius 3 is 2.46 bits per heavy atom. The van der Waals surface area contributed by atoms with Crippen LogP contribution in [0.25, 0.3) is 0 Å². The lowest BCUT2D eigenvalue weighted by Gasteiger charge is -2.37. The number of halogens is 1. The van der Waals surface area contributed by atoms with Gasteiger partial charge < -0.3 is 14.9 Å². The van der Waals surface area contributed by atoms with Crippen molar-refractivity contribution >= 4 is 17.5 Å². The number of fused-ring (bicyclic) bond motifs is 1. The highest BCUT2D eigenvalue weighted by Gasteiger charge is 2.43. The van der Waals surface area contributed by atoms with E-state index in [2.05, 4.69) is 0 Å². The second-order valence-electron chi connectivity index (χ2n) is 9.65. The third-order valence-corrected chi connectivity index (χ3v) is 7.22. The van der Waals surface area contributed by atoms with Crippen LogP contribution in [0.5, 0.6) is 5.75 Å². The molecular formula is C28H26FN3O5. The van der Waals surface area contributed by atoms with Gasteiger partial charge in [-0.25, -0.2) is 4.39 Å². The number of likely N-dealkylation sites (tertiary alicyclic amines) is 2. The average molecular weight is 504 g/mol.